The van der Waals surface area contributed by atoms with Crippen molar-refractivity contribution in [2.45, 2.75) is 13.1 Å². The molecule has 1 heterocycles. The Bertz CT molecular complexity index is 789. The Morgan fingerprint density at radius 1 is 0.897 bits per heavy atom. The zero-order chi connectivity index (χ0) is 20.6. The molecular weight excluding hydrogens is 366 g/mol. The van der Waals surface area contributed by atoms with Gasteiger partial charge in [0.05, 0.1) is 20.8 Å². The summed E-state index contributed by atoms with van der Waals surface area (Å²) in [5.74, 6) is 1.51. The molecule has 1 amide bonds. The van der Waals surface area contributed by atoms with Crippen molar-refractivity contribution >= 4 is 5.91 Å². The molecular formula is C23H31N3O3. The third kappa shape index (κ3) is 5.95. The average molecular weight is 398 g/mol. The van der Waals surface area contributed by atoms with Gasteiger partial charge in [-0.25, -0.2) is 0 Å². The molecule has 1 aliphatic heterocycles. The molecule has 0 N–H and O–H groups in total. The fraction of sp³-hybridized carbons (Fsp3) is 0.435. The van der Waals surface area contributed by atoms with Crippen LogP contribution in [0.2, 0.25) is 0 Å². The van der Waals surface area contributed by atoms with Gasteiger partial charge in [-0.2, -0.15) is 0 Å². The first-order valence-corrected chi connectivity index (χ1v) is 10.0. The minimum absolute atomic E-state index is 0.135. The molecule has 0 aromatic heterocycles. The maximum atomic E-state index is 12.7. The van der Waals surface area contributed by atoms with Crippen molar-refractivity contribution in [3.63, 3.8) is 0 Å². The zero-order valence-electron chi connectivity index (χ0n) is 17.6. The fourth-order valence-electron chi connectivity index (χ4n) is 3.60. The van der Waals surface area contributed by atoms with Gasteiger partial charge in [-0.1, -0.05) is 36.4 Å². The number of carbonyl (C=O) groups excluding carboxylic acids is 1. The second-order valence-corrected chi connectivity index (χ2v) is 7.48. The van der Waals surface area contributed by atoms with Gasteiger partial charge in [0.1, 0.15) is 0 Å². The van der Waals surface area contributed by atoms with E-state index < -0.39 is 0 Å². The lowest BCUT2D eigenvalue weighted by molar-refractivity contribution is -0.132. The van der Waals surface area contributed by atoms with E-state index in [0.29, 0.717) is 24.6 Å². The number of methoxy groups -OCH3 is 2. The van der Waals surface area contributed by atoms with Gasteiger partial charge < -0.3 is 14.4 Å². The summed E-state index contributed by atoms with van der Waals surface area (Å²) in [4.78, 5) is 19.1. The van der Waals surface area contributed by atoms with Gasteiger partial charge in [-0.05, 0) is 23.3 Å². The van der Waals surface area contributed by atoms with Crippen LogP contribution in [0.3, 0.4) is 0 Å². The Morgan fingerprint density at radius 3 is 2.21 bits per heavy atom. The summed E-state index contributed by atoms with van der Waals surface area (Å²) < 4.78 is 10.6. The number of piperazine rings is 1. The SMILES string of the molecule is COc1ccc(CN(C)C(=O)CN2CCN(Cc3ccccc3)CC2)cc1OC. The molecule has 0 unspecified atom stereocenters. The average Bonchev–Trinajstić information content (AvgIpc) is 2.75. The van der Waals surface area contributed by atoms with Crippen molar-refractivity contribution in [2.75, 3.05) is 54.0 Å². The van der Waals surface area contributed by atoms with Crippen LogP contribution in [0.5, 0.6) is 11.5 Å². The predicted molar refractivity (Wildman–Crippen MR) is 114 cm³/mol. The first-order valence-electron chi connectivity index (χ1n) is 10.0. The molecule has 2 aromatic rings. The van der Waals surface area contributed by atoms with Crippen molar-refractivity contribution < 1.29 is 14.3 Å². The molecule has 1 fully saturated rings. The van der Waals surface area contributed by atoms with E-state index in [-0.39, 0.29) is 5.91 Å². The summed E-state index contributed by atoms with van der Waals surface area (Å²) in [6.45, 7) is 5.80. The standard InChI is InChI=1S/C23H31N3O3/c1-24(16-20-9-10-21(28-2)22(15-20)29-3)23(27)18-26-13-11-25(12-14-26)17-19-7-5-4-6-8-19/h4-10,15H,11-14,16-18H2,1-3H3. The van der Waals surface area contributed by atoms with Gasteiger partial charge in [0.25, 0.3) is 0 Å². The highest BCUT2D eigenvalue weighted by molar-refractivity contribution is 5.78. The van der Waals surface area contributed by atoms with Gasteiger partial charge in [0.15, 0.2) is 11.5 Å². The fourth-order valence-corrected chi connectivity index (χ4v) is 3.60. The molecule has 3 rings (SSSR count). The van der Waals surface area contributed by atoms with Crippen LogP contribution in [0.4, 0.5) is 0 Å². The Hall–Kier alpha value is -2.57. The van der Waals surface area contributed by atoms with Crippen LogP contribution < -0.4 is 9.47 Å². The van der Waals surface area contributed by atoms with E-state index in [1.165, 1.54) is 5.56 Å². The molecule has 6 nitrogen and oxygen atoms in total. The number of carbonyl (C=O) groups is 1. The van der Waals surface area contributed by atoms with Crippen LogP contribution in [-0.4, -0.2) is 74.6 Å². The van der Waals surface area contributed by atoms with Crippen molar-refractivity contribution in [1.82, 2.24) is 14.7 Å². The number of likely N-dealkylation sites (N-methyl/N-ethyl adjacent to an activating group) is 1. The van der Waals surface area contributed by atoms with Crippen molar-refractivity contribution in [3.05, 3.63) is 59.7 Å². The van der Waals surface area contributed by atoms with E-state index in [9.17, 15) is 4.79 Å². The van der Waals surface area contributed by atoms with E-state index >= 15 is 0 Å². The molecule has 0 spiro atoms. The van der Waals surface area contributed by atoms with Crippen molar-refractivity contribution in [3.8, 4) is 11.5 Å². The first-order chi connectivity index (χ1) is 14.1. The van der Waals surface area contributed by atoms with E-state index in [4.69, 9.17) is 9.47 Å². The number of nitrogens with zero attached hydrogens (tertiary/aromatic N) is 3. The Balaban J connectivity index is 1.45. The van der Waals surface area contributed by atoms with E-state index in [2.05, 4.69) is 34.1 Å². The second kappa shape index (κ2) is 10.3. The lowest BCUT2D eigenvalue weighted by Gasteiger charge is -2.35. The van der Waals surface area contributed by atoms with E-state index in [0.717, 1.165) is 38.3 Å². The number of hydrogen-bond acceptors (Lipinski definition) is 5. The number of amides is 1. The van der Waals surface area contributed by atoms with Gasteiger partial charge in [-0.15, -0.1) is 0 Å². The van der Waals surface area contributed by atoms with E-state index in [1.807, 2.05) is 31.3 Å². The molecule has 6 heteroatoms. The summed E-state index contributed by atoms with van der Waals surface area (Å²) in [7, 11) is 5.09. The smallest absolute Gasteiger partial charge is 0.236 e. The van der Waals surface area contributed by atoms with Gasteiger partial charge >= 0.3 is 0 Å². The monoisotopic (exact) mass is 397 g/mol. The molecule has 156 valence electrons. The Morgan fingerprint density at radius 2 is 1.55 bits per heavy atom. The van der Waals surface area contributed by atoms with Crippen LogP contribution in [0.1, 0.15) is 11.1 Å². The number of rotatable bonds is 8. The molecule has 0 saturated carbocycles. The molecule has 1 aliphatic rings. The van der Waals surface area contributed by atoms with Crippen LogP contribution in [0.25, 0.3) is 0 Å². The summed E-state index contributed by atoms with van der Waals surface area (Å²) in [6.07, 6.45) is 0. The first kappa shape index (κ1) is 21.1. The highest BCUT2D eigenvalue weighted by Gasteiger charge is 2.21. The normalized spacial score (nSPS) is 15.1. The molecule has 0 bridgehead atoms. The minimum Gasteiger partial charge on any atom is -0.493 e. The molecule has 0 aliphatic carbocycles. The maximum Gasteiger partial charge on any atom is 0.236 e. The number of benzene rings is 2. The maximum absolute atomic E-state index is 12.7. The summed E-state index contributed by atoms with van der Waals surface area (Å²) in [5, 5.41) is 0. The lowest BCUT2D eigenvalue weighted by atomic mass is 10.2. The number of ether oxygens (including phenoxy) is 2. The van der Waals surface area contributed by atoms with Crippen LogP contribution in [0, 0.1) is 0 Å². The van der Waals surface area contributed by atoms with Crippen LogP contribution >= 0.6 is 0 Å². The summed E-state index contributed by atoms with van der Waals surface area (Å²) in [5.41, 5.74) is 2.36. The van der Waals surface area contributed by atoms with E-state index in [1.54, 1.807) is 19.1 Å². The third-order valence-electron chi connectivity index (χ3n) is 5.37. The molecule has 2 aromatic carbocycles. The van der Waals surface area contributed by atoms with Crippen LogP contribution in [-0.2, 0) is 17.9 Å². The lowest BCUT2D eigenvalue weighted by Crippen LogP contribution is -2.49. The summed E-state index contributed by atoms with van der Waals surface area (Å²) in [6, 6.07) is 16.3. The molecule has 0 radical (unpaired) electrons. The van der Waals surface area contributed by atoms with Gasteiger partial charge in [0, 0.05) is 46.3 Å². The Kier molecular flexibility index (Phi) is 7.49. The minimum atomic E-state index is 0.135. The summed E-state index contributed by atoms with van der Waals surface area (Å²) >= 11 is 0. The molecule has 29 heavy (non-hydrogen) atoms. The van der Waals surface area contributed by atoms with Crippen molar-refractivity contribution in [2.24, 2.45) is 0 Å². The molecule has 1 saturated heterocycles. The third-order valence-corrected chi connectivity index (χ3v) is 5.37. The quantitative estimate of drug-likeness (QED) is 0.685. The van der Waals surface area contributed by atoms with Crippen molar-refractivity contribution in [1.29, 1.82) is 0 Å². The largest absolute Gasteiger partial charge is 0.493 e. The second-order valence-electron chi connectivity index (χ2n) is 7.48. The van der Waals surface area contributed by atoms with Gasteiger partial charge in [-0.3, -0.25) is 14.6 Å². The highest BCUT2D eigenvalue weighted by atomic mass is 16.5. The predicted octanol–water partition coefficient (Wildman–Crippen LogP) is 2.48. The molecule has 0 atom stereocenters. The van der Waals surface area contributed by atoms with Crippen LogP contribution in [0.15, 0.2) is 48.5 Å². The Labute approximate surface area is 173 Å². The number of hydrogen-bond donors (Lipinski definition) is 0. The topological polar surface area (TPSA) is 45.2 Å². The highest BCUT2D eigenvalue weighted by Crippen LogP contribution is 2.27. The van der Waals surface area contributed by atoms with Gasteiger partial charge in [0.2, 0.25) is 5.91 Å². The zero-order valence-corrected chi connectivity index (χ0v) is 17.6.